The Morgan fingerprint density at radius 3 is 2.73 bits per heavy atom. The molecule has 0 atom stereocenters. The van der Waals surface area contributed by atoms with Gasteiger partial charge in [0.15, 0.2) is 0 Å². The largest absolute Gasteiger partial charge is 0.465 e. The summed E-state index contributed by atoms with van der Waals surface area (Å²) in [4.78, 5) is 17.3. The number of aromatic nitrogens is 1. The van der Waals surface area contributed by atoms with Crippen LogP contribution in [0.5, 0.6) is 0 Å². The third-order valence-electron chi connectivity index (χ3n) is 3.03. The first-order chi connectivity index (χ1) is 10.3. The van der Waals surface area contributed by atoms with Gasteiger partial charge in [0, 0.05) is 26.6 Å². The molecule has 0 saturated heterocycles. The number of nitrogens with zero attached hydrogens (tertiary/aromatic N) is 1. The molecule has 0 aliphatic carbocycles. The van der Waals surface area contributed by atoms with Crippen LogP contribution in [0, 0.1) is 0 Å². The molecule has 0 saturated carbocycles. The highest BCUT2D eigenvalue weighted by molar-refractivity contribution is 9.10. The quantitative estimate of drug-likeness (QED) is 0.784. The summed E-state index contributed by atoms with van der Waals surface area (Å²) in [6.07, 6.45) is 1.90. The molecule has 0 radical (unpaired) electrons. The van der Waals surface area contributed by atoms with E-state index in [2.05, 4.69) is 47.0 Å². The molecule has 0 fully saturated rings. The molecule has 6 heteroatoms. The molecule has 118 valence electrons. The SMILES string of the molecule is COC(=O)c1cc(NCc2cnc(C(C)(C)C)s2)ccc1Br. The molecule has 1 aromatic heterocycles. The molecule has 0 unspecified atom stereocenters. The van der Waals surface area contributed by atoms with Crippen LogP contribution in [0.3, 0.4) is 0 Å². The maximum absolute atomic E-state index is 11.7. The lowest BCUT2D eigenvalue weighted by Gasteiger charge is -2.13. The first-order valence-corrected chi connectivity index (χ1v) is 8.49. The van der Waals surface area contributed by atoms with Crippen molar-refractivity contribution in [3.63, 3.8) is 0 Å². The third kappa shape index (κ3) is 4.08. The topological polar surface area (TPSA) is 51.2 Å². The van der Waals surface area contributed by atoms with Gasteiger partial charge in [-0.2, -0.15) is 0 Å². The lowest BCUT2D eigenvalue weighted by Crippen LogP contribution is -2.09. The van der Waals surface area contributed by atoms with E-state index in [1.165, 1.54) is 7.11 Å². The Morgan fingerprint density at radius 2 is 2.14 bits per heavy atom. The number of halogens is 1. The van der Waals surface area contributed by atoms with Crippen molar-refractivity contribution in [1.29, 1.82) is 0 Å². The van der Waals surface area contributed by atoms with Crippen LogP contribution >= 0.6 is 27.3 Å². The van der Waals surface area contributed by atoms with E-state index in [0.29, 0.717) is 12.1 Å². The van der Waals surface area contributed by atoms with Crippen molar-refractivity contribution in [2.45, 2.75) is 32.7 Å². The predicted molar refractivity (Wildman–Crippen MR) is 93.6 cm³/mol. The predicted octanol–water partition coefficient (Wildman–Crippen LogP) is 4.60. The second kappa shape index (κ2) is 6.79. The highest BCUT2D eigenvalue weighted by atomic mass is 79.9. The fraction of sp³-hybridized carbons (Fsp3) is 0.375. The van der Waals surface area contributed by atoms with Gasteiger partial charge >= 0.3 is 5.97 Å². The standard InChI is InChI=1S/C16H19BrN2O2S/c1-16(2,3)15-19-9-11(22-15)8-18-10-5-6-13(17)12(7-10)14(20)21-4/h5-7,9,18H,8H2,1-4H3. The zero-order chi connectivity index (χ0) is 16.3. The summed E-state index contributed by atoms with van der Waals surface area (Å²) in [5.41, 5.74) is 1.44. The van der Waals surface area contributed by atoms with E-state index in [9.17, 15) is 4.79 Å². The van der Waals surface area contributed by atoms with E-state index in [0.717, 1.165) is 20.0 Å². The number of anilines is 1. The van der Waals surface area contributed by atoms with Crippen molar-refractivity contribution in [2.24, 2.45) is 0 Å². The summed E-state index contributed by atoms with van der Waals surface area (Å²) in [6, 6.07) is 5.53. The molecule has 0 aliphatic heterocycles. The Kier molecular flexibility index (Phi) is 5.24. The molecule has 1 N–H and O–H groups in total. The molecule has 0 amide bonds. The molecular weight excluding hydrogens is 364 g/mol. The average Bonchev–Trinajstić information content (AvgIpc) is 2.94. The van der Waals surface area contributed by atoms with Gasteiger partial charge in [0.1, 0.15) is 0 Å². The van der Waals surface area contributed by atoms with Crippen molar-refractivity contribution in [3.05, 3.63) is 44.3 Å². The second-order valence-electron chi connectivity index (χ2n) is 5.92. The highest BCUT2D eigenvalue weighted by Gasteiger charge is 2.18. The summed E-state index contributed by atoms with van der Waals surface area (Å²) < 4.78 is 5.49. The van der Waals surface area contributed by atoms with E-state index >= 15 is 0 Å². The fourth-order valence-electron chi connectivity index (χ4n) is 1.83. The highest BCUT2D eigenvalue weighted by Crippen LogP contribution is 2.27. The summed E-state index contributed by atoms with van der Waals surface area (Å²) >= 11 is 5.06. The van der Waals surface area contributed by atoms with Crippen molar-refractivity contribution < 1.29 is 9.53 Å². The minimum Gasteiger partial charge on any atom is -0.465 e. The molecule has 2 aromatic rings. The number of esters is 1. The lowest BCUT2D eigenvalue weighted by atomic mass is 9.98. The Morgan fingerprint density at radius 1 is 1.41 bits per heavy atom. The first kappa shape index (κ1) is 17.0. The number of thiazole rings is 1. The van der Waals surface area contributed by atoms with Crippen molar-refractivity contribution in [2.75, 3.05) is 12.4 Å². The molecule has 0 bridgehead atoms. The maximum atomic E-state index is 11.7. The zero-order valence-corrected chi connectivity index (χ0v) is 15.5. The number of carbonyl (C=O) groups excluding carboxylic acids is 1. The number of methoxy groups -OCH3 is 1. The minimum absolute atomic E-state index is 0.0680. The number of ether oxygens (including phenoxy) is 1. The van der Waals surface area contributed by atoms with E-state index in [-0.39, 0.29) is 11.4 Å². The molecule has 0 spiro atoms. The number of hydrogen-bond donors (Lipinski definition) is 1. The fourth-order valence-corrected chi connectivity index (χ4v) is 3.14. The number of nitrogens with one attached hydrogen (secondary N) is 1. The van der Waals surface area contributed by atoms with Gasteiger partial charge < -0.3 is 10.1 Å². The van der Waals surface area contributed by atoms with Crippen LogP contribution in [0.2, 0.25) is 0 Å². The van der Waals surface area contributed by atoms with Gasteiger partial charge in [-0.3, -0.25) is 0 Å². The normalized spacial score (nSPS) is 11.3. The molecular formula is C16H19BrN2O2S. The first-order valence-electron chi connectivity index (χ1n) is 6.88. The third-order valence-corrected chi connectivity index (χ3v) is 5.15. The molecule has 22 heavy (non-hydrogen) atoms. The molecule has 0 aliphatic rings. The van der Waals surface area contributed by atoms with Gasteiger partial charge in [0.2, 0.25) is 0 Å². The number of benzene rings is 1. The second-order valence-corrected chi connectivity index (χ2v) is 7.89. The summed E-state index contributed by atoms with van der Waals surface area (Å²) in [7, 11) is 1.38. The van der Waals surface area contributed by atoms with Crippen molar-refractivity contribution in [1.82, 2.24) is 4.98 Å². The van der Waals surface area contributed by atoms with Crippen molar-refractivity contribution in [3.8, 4) is 0 Å². The van der Waals surface area contributed by atoms with Crippen LogP contribution < -0.4 is 5.32 Å². The Hall–Kier alpha value is -1.40. The van der Waals surface area contributed by atoms with Gasteiger partial charge in [-0.25, -0.2) is 9.78 Å². The molecule has 1 heterocycles. The van der Waals surface area contributed by atoms with E-state index in [1.54, 1.807) is 17.4 Å². The molecule has 1 aromatic carbocycles. The average molecular weight is 383 g/mol. The number of rotatable bonds is 4. The van der Waals surface area contributed by atoms with Crippen LogP contribution in [0.15, 0.2) is 28.9 Å². The van der Waals surface area contributed by atoms with E-state index in [1.807, 2.05) is 18.3 Å². The van der Waals surface area contributed by atoms with Crippen LogP contribution in [-0.2, 0) is 16.7 Å². The number of carbonyl (C=O) groups is 1. The Bertz CT molecular complexity index is 677. The summed E-state index contributed by atoms with van der Waals surface area (Å²) in [5.74, 6) is -0.358. The smallest absolute Gasteiger partial charge is 0.339 e. The minimum atomic E-state index is -0.358. The Balaban J connectivity index is 2.09. The summed E-state index contributed by atoms with van der Waals surface area (Å²) in [5, 5.41) is 4.43. The Labute approximate surface area is 143 Å². The van der Waals surface area contributed by atoms with Crippen LogP contribution in [0.25, 0.3) is 0 Å². The lowest BCUT2D eigenvalue weighted by molar-refractivity contribution is 0.0599. The number of hydrogen-bond acceptors (Lipinski definition) is 5. The van der Waals surface area contributed by atoms with Crippen LogP contribution in [-0.4, -0.2) is 18.1 Å². The van der Waals surface area contributed by atoms with E-state index < -0.39 is 0 Å². The maximum Gasteiger partial charge on any atom is 0.339 e. The van der Waals surface area contributed by atoms with Gasteiger partial charge in [-0.05, 0) is 34.1 Å². The molecule has 4 nitrogen and oxygen atoms in total. The van der Waals surface area contributed by atoms with Gasteiger partial charge in [0.25, 0.3) is 0 Å². The van der Waals surface area contributed by atoms with Crippen LogP contribution in [0.4, 0.5) is 5.69 Å². The van der Waals surface area contributed by atoms with Gasteiger partial charge in [0.05, 0.1) is 24.2 Å². The van der Waals surface area contributed by atoms with E-state index in [4.69, 9.17) is 4.74 Å². The van der Waals surface area contributed by atoms with Gasteiger partial charge in [-0.15, -0.1) is 11.3 Å². The zero-order valence-electron chi connectivity index (χ0n) is 13.1. The summed E-state index contributed by atoms with van der Waals surface area (Å²) in [6.45, 7) is 7.14. The molecule has 2 rings (SSSR count). The monoisotopic (exact) mass is 382 g/mol. The van der Waals surface area contributed by atoms with Crippen LogP contribution in [0.1, 0.15) is 41.0 Å². The van der Waals surface area contributed by atoms with Gasteiger partial charge in [-0.1, -0.05) is 20.8 Å². The van der Waals surface area contributed by atoms with Crippen molar-refractivity contribution >= 4 is 38.9 Å².